The number of esters is 1. The molecule has 1 aromatic carbocycles. The minimum Gasteiger partial charge on any atom is -0.457 e. The molecule has 28 heavy (non-hydrogen) atoms. The molecule has 0 spiro atoms. The number of benzene rings is 1. The molecule has 0 amide bonds. The predicted octanol–water partition coefficient (Wildman–Crippen LogP) is 2.88. The third-order valence-corrected chi connectivity index (χ3v) is 4.40. The predicted molar refractivity (Wildman–Crippen MR) is 101 cm³/mol. The number of hydrogen-bond donors (Lipinski definition) is 0. The lowest BCUT2D eigenvalue weighted by Crippen LogP contribution is -2.38. The summed E-state index contributed by atoms with van der Waals surface area (Å²) in [6, 6.07) is 13.0. The van der Waals surface area contributed by atoms with Gasteiger partial charge >= 0.3 is 5.97 Å². The van der Waals surface area contributed by atoms with E-state index in [4.69, 9.17) is 9.47 Å². The summed E-state index contributed by atoms with van der Waals surface area (Å²) in [5.74, 6) is 1.34. The molecule has 4 rings (SSSR count). The molecular formula is C20H19N5O3. The highest BCUT2D eigenvalue weighted by molar-refractivity contribution is 5.87. The quantitative estimate of drug-likeness (QED) is 0.627. The molecule has 2 aromatic heterocycles. The molecule has 0 aliphatic carbocycles. The minimum absolute atomic E-state index is 0.150. The van der Waals surface area contributed by atoms with Crippen molar-refractivity contribution in [2.75, 3.05) is 18.0 Å². The van der Waals surface area contributed by atoms with Crippen LogP contribution >= 0.6 is 0 Å². The van der Waals surface area contributed by atoms with Crippen molar-refractivity contribution < 1.29 is 14.3 Å². The first-order chi connectivity index (χ1) is 13.8. The first-order valence-electron chi connectivity index (χ1n) is 9.06. The van der Waals surface area contributed by atoms with E-state index in [1.54, 1.807) is 6.20 Å². The van der Waals surface area contributed by atoms with E-state index in [1.165, 1.54) is 12.4 Å². The molecule has 0 N–H and O–H groups in total. The van der Waals surface area contributed by atoms with Crippen LogP contribution in [0.25, 0.3) is 0 Å². The van der Waals surface area contributed by atoms with Crippen molar-refractivity contribution in [3.8, 4) is 11.6 Å². The highest BCUT2D eigenvalue weighted by atomic mass is 16.5. The largest absolute Gasteiger partial charge is 0.457 e. The van der Waals surface area contributed by atoms with E-state index in [0.717, 1.165) is 31.7 Å². The number of carbonyl (C=O) groups is 1. The summed E-state index contributed by atoms with van der Waals surface area (Å²) in [5, 5.41) is 8.01. The third-order valence-electron chi connectivity index (χ3n) is 4.40. The average Bonchev–Trinajstić information content (AvgIpc) is 2.76. The molecule has 1 aliphatic rings. The maximum absolute atomic E-state index is 12.3. The summed E-state index contributed by atoms with van der Waals surface area (Å²) < 4.78 is 11.1. The lowest BCUT2D eigenvalue weighted by molar-refractivity contribution is 0.0237. The maximum atomic E-state index is 12.3. The number of carbonyl (C=O) groups excluding carboxylic acids is 1. The number of anilines is 1. The molecule has 0 saturated carbocycles. The number of piperidine rings is 1. The van der Waals surface area contributed by atoms with Crippen molar-refractivity contribution >= 4 is 11.8 Å². The summed E-state index contributed by atoms with van der Waals surface area (Å²) in [6.07, 6.45) is 5.74. The number of rotatable bonds is 5. The zero-order valence-corrected chi connectivity index (χ0v) is 15.1. The number of aromatic nitrogens is 4. The summed E-state index contributed by atoms with van der Waals surface area (Å²) in [7, 11) is 0. The van der Waals surface area contributed by atoms with Gasteiger partial charge in [0.2, 0.25) is 5.88 Å². The van der Waals surface area contributed by atoms with Gasteiger partial charge in [0, 0.05) is 32.1 Å². The molecule has 8 nitrogen and oxygen atoms in total. The smallest absolute Gasteiger partial charge is 0.358 e. The van der Waals surface area contributed by atoms with Gasteiger partial charge in [-0.1, -0.05) is 18.2 Å². The van der Waals surface area contributed by atoms with Crippen molar-refractivity contribution in [2.24, 2.45) is 0 Å². The molecule has 1 fully saturated rings. The number of hydrogen-bond acceptors (Lipinski definition) is 8. The molecule has 0 atom stereocenters. The van der Waals surface area contributed by atoms with E-state index in [9.17, 15) is 4.79 Å². The van der Waals surface area contributed by atoms with Crippen LogP contribution in [0.1, 0.15) is 23.3 Å². The first-order valence-corrected chi connectivity index (χ1v) is 9.06. The summed E-state index contributed by atoms with van der Waals surface area (Å²) in [4.78, 5) is 22.7. The van der Waals surface area contributed by atoms with Crippen molar-refractivity contribution in [1.29, 1.82) is 0 Å². The molecular weight excluding hydrogens is 358 g/mol. The Kier molecular flexibility index (Phi) is 5.37. The normalized spacial score (nSPS) is 14.5. The maximum Gasteiger partial charge on any atom is 0.358 e. The van der Waals surface area contributed by atoms with Crippen LogP contribution in [-0.2, 0) is 4.74 Å². The Bertz CT molecular complexity index is 898. The standard InChI is InChI=1S/C20H19N5O3/c26-20(17-13-22-19(14-21-17)27-15-5-2-1-3-6-15)28-16-8-11-25(12-9-16)18-7-4-10-23-24-18/h1-7,10,13-14,16H,8-9,11-12H2. The van der Waals surface area contributed by atoms with Crippen LogP contribution in [0.2, 0.25) is 0 Å². The van der Waals surface area contributed by atoms with Crippen LogP contribution in [-0.4, -0.2) is 45.3 Å². The van der Waals surface area contributed by atoms with Crippen molar-refractivity contribution in [2.45, 2.75) is 18.9 Å². The average molecular weight is 377 g/mol. The van der Waals surface area contributed by atoms with Crippen LogP contribution in [0, 0.1) is 0 Å². The van der Waals surface area contributed by atoms with Crippen LogP contribution in [0.3, 0.4) is 0 Å². The second-order valence-electron chi connectivity index (χ2n) is 6.33. The van der Waals surface area contributed by atoms with E-state index < -0.39 is 5.97 Å². The Hall–Kier alpha value is -3.55. The number of ether oxygens (including phenoxy) is 2. The van der Waals surface area contributed by atoms with Gasteiger partial charge in [0.1, 0.15) is 11.9 Å². The number of nitrogens with zero attached hydrogens (tertiary/aromatic N) is 5. The molecule has 0 unspecified atom stereocenters. The Morgan fingerprint density at radius 1 is 1.00 bits per heavy atom. The van der Waals surface area contributed by atoms with Gasteiger partial charge < -0.3 is 14.4 Å². The van der Waals surface area contributed by atoms with Gasteiger partial charge in [-0.3, -0.25) is 0 Å². The topological polar surface area (TPSA) is 90.3 Å². The summed E-state index contributed by atoms with van der Waals surface area (Å²) in [5.41, 5.74) is 0.164. The van der Waals surface area contributed by atoms with Crippen LogP contribution in [0.5, 0.6) is 11.6 Å². The van der Waals surface area contributed by atoms with E-state index in [1.807, 2.05) is 42.5 Å². The molecule has 0 radical (unpaired) electrons. The molecule has 3 heterocycles. The van der Waals surface area contributed by atoms with E-state index in [0.29, 0.717) is 11.6 Å². The fourth-order valence-electron chi connectivity index (χ4n) is 2.96. The Morgan fingerprint density at radius 3 is 2.50 bits per heavy atom. The van der Waals surface area contributed by atoms with Gasteiger partial charge in [0.25, 0.3) is 0 Å². The van der Waals surface area contributed by atoms with Crippen LogP contribution in [0.4, 0.5) is 5.82 Å². The van der Waals surface area contributed by atoms with Gasteiger partial charge in [-0.05, 0) is 24.3 Å². The molecule has 0 bridgehead atoms. The first kappa shape index (κ1) is 17.8. The monoisotopic (exact) mass is 377 g/mol. The van der Waals surface area contributed by atoms with Gasteiger partial charge in [-0.25, -0.2) is 14.8 Å². The SMILES string of the molecule is O=C(OC1CCN(c2cccnn2)CC1)c1cnc(Oc2ccccc2)cn1. The summed E-state index contributed by atoms with van der Waals surface area (Å²) >= 11 is 0. The third kappa shape index (κ3) is 4.40. The van der Waals surface area contributed by atoms with E-state index in [2.05, 4.69) is 25.1 Å². The second kappa shape index (κ2) is 8.43. The molecule has 1 aliphatic heterocycles. The zero-order valence-electron chi connectivity index (χ0n) is 15.1. The van der Waals surface area contributed by atoms with Gasteiger partial charge in [-0.2, -0.15) is 5.10 Å². The van der Waals surface area contributed by atoms with Gasteiger partial charge in [0.15, 0.2) is 11.5 Å². The van der Waals surface area contributed by atoms with E-state index >= 15 is 0 Å². The Balaban J connectivity index is 1.29. The molecule has 8 heteroatoms. The Labute approximate surface area is 162 Å². The number of para-hydroxylation sites is 1. The molecule has 142 valence electrons. The minimum atomic E-state index is -0.475. The molecule has 3 aromatic rings. The van der Waals surface area contributed by atoms with Crippen LogP contribution < -0.4 is 9.64 Å². The zero-order chi connectivity index (χ0) is 19.2. The fraction of sp³-hybridized carbons (Fsp3) is 0.250. The van der Waals surface area contributed by atoms with Crippen molar-refractivity contribution in [3.63, 3.8) is 0 Å². The highest BCUT2D eigenvalue weighted by Crippen LogP contribution is 2.20. The highest BCUT2D eigenvalue weighted by Gasteiger charge is 2.24. The Morgan fingerprint density at radius 2 is 1.82 bits per heavy atom. The van der Waals surface area contributed by atoms with Crippen molar-refractivity contribution in [3.05, 3.63) is 66.7 Å². The molecule has 1 saturated heterocycles. The van der Waals surface area contributed by atoms with Crippen molar-refractivity contribution in [1.82, 2.24) is 20.2 Å². The fourth-order valence-corrected chi connectivity index (χ4v) is 2.96. The second-order valence-corrected chi connectivity index (χ2v) is 6.33. The van der Waals surface area contributed by atoms with Crippen LogP contribution in [0.15, 0.2) is 61.1 Å². The van der Waals surface area contributed by atoms with E-state index in [-0.39, 0.29) is 11.8 Å². The van der Waals surface area contributed by atoms with Gasteiger partial charge in [-0.15, -0.1) is 5.10 Å². The van der Waals surface area contributed by atoms with Gasteiger partial charge in [0.05, 0.1) is 12.4 Å². The summed E-state index contributed by atoms with van der Waals surface area (Å²) in [6.45, 7) is 1.51. The lowest BCUT2D eigenvalue weighted by atomic mass is 10.1. The lowest BCUT2D eigenvalue weighted by Gasteiger charge is -2.31.